The zero-order valence-corrected chi connectivity index (χ0v) is 14.9. The molecule has 1 fully saturated rings. The van der Waals surface area contributed by atoms with Crippen molar-refractivity contribution in [2.75, 3.05) is 32.7 Å². The third-order valence-corrected chi connectivity index (χ3v) is 6.11. The number of carbonyl (C=O) groups is 1. The molecule has 0 unspecified atom stereocenters. The monoisotopic (exact) mass is 359 g/mol. The molecule has 6 nitrogen and oxygen atoms in total. The average Bonchev–Trinajstić information content (AvgIpc) is 2.54. The lowest BCUT2D eigenvalue weighted by Gasteiger charge is -2.36. The van der Waals surface area contributed by atoms with Gasteiger partial charge in [-0.1, -0.05) is 17.7 Å². The lowest BCUT2D eigenvalue weighted by Crippen LogP contribution is -2.54. The van der Waals surface area contributed by atoms with Crippen LogP contribution in [0.4, 0.5) is 0 Å². The van der Waals surface area contributed by atoms with Crippen molar-refractivity contribution in [3.63, 3.8) is 0 Å². The molecular weight excluding hydrogens is 338 g/mol. The standard InChI is InChI=1S/C15H22ClN3O3S/c1-3-17-15(20)12(2)18-7-9-19(10-8-18)23(21,22)14-6-4-5-13(16)11-14/h4-6,11-12H,3,7-10H2,1-2H3,(H,17,20)/t12-/m1/s1. The minimum atomic E-state index is -3.54. The lowest BCUT2D eigenvalue weighted by atomic mass is 10.2. The van der Waals surface area contributed by atoms with Crippen LogP contribution in [-0.2, 0) is 14.8 Å². The molecule has 0 radical (unpaired) electrons. The highest BCUT2D eigenvalue weighted by Gasteiger charge is 2.31. The molecule has 0 aromatic heterocycles. The summed E-state index contributed by atoms with van der Waals surface area (Å²) in [5, 5.41) is 3.19. The first kappa shape index (κ1) is 18.2. The maximum atomic E-state index is 12.6. The number of piperazine rings is 1. The van der Waals surface area contributed by atoms with E-state index >= 15 is 0 Å². The molecule has 1 heterocycles. The molecule has 1 amide bonds. The quantitative estimate of drug-likeness (QED) is 0.856. The normalized spacial score (nSPS) is 18.6. The molecule has 0 bridgehead atoms. The van der Waals surface area contributed by atoms with E-state index in [0.717, 1.165) is 0 Å². The van der Waals surface area contributed by atoms with Crippen LogP contribution in [0.5, 0.6) is 0 Å². The van der Waals surface area contributed by atoms with Crippen LogP contribution in [-0.4, -0.2) is 62.3 Å². The van der Waals surface area contributed by atoms with Gasteiger partial charge in [-0.25, -0.2) is 8.42 Å². The molecule has 128 valence electrons. The number of hydrogen-bond acceptors (Lipinski definition) is 4. The molecule has 8 heteroatoms. The molecule has 1 aliphatic rings. The number of amides is 1. The highest BCUT2D eigenvalue weighted by Crippen LogP contribution is 2.21. The molecule has 1 saturated heterocycles. The number of likely N-dealkylation sites (N-methyl/N-ethyl adjacent to an activating group) is 1. The zero-order valence-electron chi connectivity index (χ0n) is 13.3. The number of benzene rings is 1. The molecule has 1 N–H and O–H groups in total. The summed E-state index contributed by atoms with van der Waals surface area (Å²) in [7, 11) is -3.54. The Morgan fingerprint density at radius 1 is 1.30 bits per heavy atom. The van der Waals surface area contributed by atoms with E-state index in [1.807, 2.05) is 18.7 Å². The van der Waals surface area contributed by atoms with Gasteiger partial charge in [0.1, 0.15) is 0 Å². The van der Waals surface area contributed by atoms with Gasteiger partial charge in [0.25, 0.3) is 0 Å². The fourth-order valence-electron chi connectivity index (χ4n) is 2.60. The lowest BCUT2D eigenvalue weighted by molar-refractivity contribution is -0.126. The van der Waals surface area contributed by atoms with Gasteiger partial charge in [0.2, 0.25) is 15.9 Å². The molecular formula is C15H22ClN3O3S. The van der Waals surface area contributed by atoms with Crippen molar-refractivity contribution in [3.8, 4) is 0 Å². The first-order valence-corrected chi connectivity index (χ1v) is 9.45. The smallest absolute Gasteiger partial charge is 0.243 e. The molecule has 23 heavy (non-hydrogen) atoms. The van der Waals surface area contributed by atoms with E-state index in [-0.39, 0.29) is 16.8 Å². The van der Waals surface area contributed by atoms with Gasteiger partial charge in [-0.2, -0.15) is 4.31 Å². The Kier molecular flexibility index (Phi) is 6.02. The number of halogens is 1. The number of sulfonamides is 1. The van der Waals surface area contributed by atoms with Crippen LogP contribution < -0.4 is 5.32 Å². The van der Waals surface area contributed by atoms with E-state index in [1.165, 1.54) is 10.4 Å². The molecule has 1 aliphatic heterocycles. The summed E-state index contributed by atoms with van der Waals surface area (Å²) in [6.45, 7) is 6.08. The molecule has 0 aliphatic carbocycles. The summed E-state index contributed by atoms with van der Waals surface area (Å²) in [5.74, 6) is -0.0290. The SMILES string of the molecule is CCNC(=O)[C@@H](C)N1CCN(S(=O)(=O)c2cccc(Cl)c2)CC1. The minimum absolute atomic E-state index is 0.0290. The Morgan fingerprint density at radius 2 is 1.96 bits per heavy atom. The fraction of sp³-hybridized carbons (Fsp3) is 0.533. The summed E-state index contributed by atoms with van der Waals surface area (Å²) in [4.78, 5) is 14.1. The third-order valence-electron chi connectivity index (χ3n) is 3.99. The number of hydrogen-bond donors (Lipinski definition) is 1. The Balaban J connectivity index is 2.02. The molecule has 1 atom stereocenters. The maximum absolute atomic E-state index is 12.6. The van der Waals surface area contributed by atoms with E-state index < -0.39 is 10.0 Å². The van der Waals surface area contributed by atoms with Gasteiger partial charge in [0, 0.05) is 37.7 Å². The van der Waals surface area contributed by atoms with E-state index in [9.17, 15) is 13.2 Å². The van der Waals surface area contributed by atoms with Crippen molar-refractivity contribution in [2.24, 2.45) is 0 Å². The highest BCUT2D eigenvalue weighted by molar-refractivity contribution is 7.89. The van der Waals surface area contributed by atoms with E-state index in [2.05, 4.69) is 5.32 Å². The van der Waals surface area contributed by atoms with Crippen molar-refractivity contribution in [1.82, 2.24) is 14.5 Å². The fourth-order valence-corrected chi connectivity index (χ4v) is 4.32. The molecule has 0 spiro atoms. The average molecular weight is 360 g/mol. The van der Waals surface area contributed by atoms with Crippen LogP contribution in [0.15, 0.2) is 29.2 Å². The van der Waals surface area contributed by atoms with Gasteiger partial charge >= 0.3 is 0 Å². The summed E-state index contributed by atoms with van der Waals surface area (Å²) < 4.78 is 26.7. The van der Waals surface area contributed by atoms with Gasteiger partial charge in [-0.3, -0.25) is 9.69 Å². The summed E-state index contributed by atoms with van der Waals surface area (Å²) in [6.07, 6.45) is 0. The minimum Gasteiger partial charge on any atom is -0.355 e. The molecule has 1 aromatic rings. The van der Waals surface area contributed by atoms with Gasteiger partial charge in [-0.15, -0.1) is 0 Å². The topological polar surface area (TPSA) is 69.7 Å². The van der Waals surface area contributed by atoms with Crippen molar-refractivity contribution in [2.45, 2.75) is 24.8 Å². The van der Waals surface area contributed by atoms with Crippen molar-refractivity contribution in [3.05, 3.63) is 29.3 Å². The van der Waals surface area contributed by atoms with Crippen LogP contribution in [0.3, 0.4) is 0 Å². The predicted molar refractivity (Wildman–Crippen MR) is 89.9 cm³/mol. The van der Waals surface area contributed by atoms with Crippen molar-refractivity contribution < 1.29 is 13.2 Å². The molecule has 2 rings (SSSR count). The van der Waals surface area contributed by atoms with Crippen molar-refractivity contribution >= 4 is 27.5 Å². The summed E-state index contributed by atoms with van der Waals surface area (Å²) in [5.41, 5.74) is 0. The first-order valence-electron chi connectivity index (χ1n) is 7.63. The highest BCUT2D eigenvalue weighted by atomic mass is 35.5. The van der Waals surface area contributed by atoms with Crippen LogP contribution in [0, 0.1) is 0 Å². The van der Waals surface area contributed by atoms with Gasteiger partial charge in [0.15, 0.2) is 0 Å². The van der Waals surface area contributed by atoms with E-state index in [4.69, 9.17) is 11.6 Å². The Morgan fingerprint density at radius 3 is 2.52 bits per heavy atom. The largest absolute Gasteiger partial charge is 0.355 e. The Bertz CT molecular complexity index is 658. The second kappa shape index (κ2) is 7.61. The number of carbonyl (C=O) groups excluding carboxylic acids is 1. The summed E-state index contributed by atoms with van der Waals surface area (Å²) >= 11 is 5.88. The Hall–Kier alpha value is -1.15. The zero-order chi connectivity index (χ0) is 17.0. The van der Waals surface area contributed by atoms with Gasteiger partial charge in [0.05, 0.1) is 10.9 Å². The maximum Gasteiger partial charge on any atom is 0.243 e. The molecule has 1 aromatic carbocycles. The van der Waals surface area contributed by atoms with Crippen LogP contribution in [0.1, 0.15) is 13.8 Å². The Labute approximate surface area is 142 Å². The second-order valence-corrected chi connectivity index (χ2v) is 7.84. The molecule has 0 saturated carbocycles. The number of nitrogens with one attached hydrogen (secondary N) is 1. The summed E-state index contributed by atoms with van der Waals surface area (Å²) in [6, 6.07) is 6.02. The van der Waals surface area contributed by atoms with Gasteiger partial charge < -0.3 is 5.32 Å². The number of rotatable bonds is 5. The van der Waals surface area contributed by atoms with Crippen molar-refractivity contribution in [1.29, 1.82) is 0 Å². The van der Waals surface area contributed by atoms with Gasteiger partial charge in [-0.05, 0) is 32.0 Å². The number of nitrogens with zero attached hydrogens (tertiary/aromatic N) is 2. The van der Waals surface area contributed by atoms with Crippen LogP contribution in [0.2, 0.25) is 5.02 Å². The third kappa shape index (κ3) is 4.23. The van der Waals surface area contributed by atoms with E-state index in [0.29, 0.717) is 37.7 Å². The second-order valence-electron chi connectivity index (χ2n) is 5.47. The first-order chi connectivity index (χ1) is 10.9. The predicted octanol–water partition coefficient (Wildman–Crippen LogP) is 1.17. The van der Waals surface area contributed by atoms with E-state index in [1.54, 1.807) is 18.2 Å². The van der Waals surface area contributed by atoms with Crippen LogP contribution in [0.25, 0.3) is 0 Å². The van der Waals surface area contributed by atoms with Crippen LogP contribution >= 0.6 is 11.6 Å².